The summed E-state index contributed by atoms with van der Waals surface area (Å²) in [5.74, 6) is -1.71. The summed E-state index contributed by atoms with van der Waals surface area (Å²) in [6.45, 7) is 3.81. The van der Waals surface area contributed by atoms with Crippen LogP contribution in [0.3, 0.4) is 0 Å². The summed E-state index contributed by atoms with van der Waals surface area (Å²) in [6.07, 6.45) is -3.37. The van der Waals surface area contributed by atoms with E-state index in [9.17, 15) is 23.1 Å². The predicted octanol–water partition coefficient (Wildman–Crippen LogP) is 3.55. The molecule has 4 saturated carbocycles. The Morgan fingerprint density at radius 3 is 2.25 bits per heavy atom. The Hall–Kier alpha value is -0.780. The number of aliphatic hydroxyl groups excluding tert-OH is 1. The zero-order valence-electron chi connectivity index (χ0n) is 14.1. The van der Waals surface area contributed by atoms with Gasteiger partial charge in [0.1, 0.15) is 6.10 Å². The third-order valence-corrected chi connectivity index (χ3v) is 7.89. The number of carbonyl (C=O) groups is 1. The van der Waals surface area contributed by atoms with Crippen LogP contribution in [0.5, 0.6) is 0 Å². The van der Waals surface area contributed by atoms with E-state index >= 15 is 0 Å². The first-order valence-electron chi connectivity index (χ1n) is 9.12. The average Bonchev–Trinajstić information content (AvgIpc) is 3.23. The van der Waals surface area contributed by atoms with Crippen molar-refractivity contribution in [1.29, 1.82) is 0 Å². The van der Waals surface area contributed by atoms with Gasteiger partial charge in [-0.15, -0.1) is 0 Å². The lowest BCUT2D eigenvalue weighted by atomic mass is 9.65. The first-order chi connectivity index (χ1) is 11.2. The molecule has 0 amide bonds. The molecule has 3 nitrogen and oxygen atoms in total. The van der Waals surface area contributed by atoms with E-state index in [4.69, 9.17) is 4.74 Å². The molecule has 6 heteroatoms. The fraction of sp³-hybridized carbons (Fsp3) is 0.944. The van der Waals surface area contributed by atoms with E-state index in [1.165, 1.54) is 0 Å². The third kappa shape index (κ3) is 1.98. The van der Waals surface area contributed by atoms with Crippen LogP contribution in [0.25, 0.3) is 0 Å². The van der Waals surface area contributed by atoms with Gasteiger partial charge in [0.25, 0.3) is 0 Å². The van der Waals surface area contributed by atoms with Crippen LogP contribution in [-0.2, 0) is 9.53 Å². The fourth-order valence-corrected chi connectivity index (χ4v) is 6.31. The molecule has 9 atom stereocenters. The van der Waals surface area contributed by atoms with Gasteiger partial charge in [-0.3, -0.25) is 4.79 Å². The van der Waals surface area contributed by atoms with Gasteiger partial charge in [-0.25, -0.2) is 0 Å². The maximum atomic E-state index is 14.0. The molecule has 9 unspecified atom stereocenters. The van der Waals surface area contributed by atoms with Crippen LogP contribution in [0, 0.1) is 40.9 Å². The average molecular weight is 346 g/mol. The summed E-state index contributed by atoms with van der Waals surface area (Å²) in [5, 5.41) is 10.2. The Morgan fingerprint density at radius 2 is 1.75 bits per heavy atom. The molecule has 0 aromatic heterocycles. The quantitative estimate of drug-likeness (QED) is 0.778. The van der Waals surface area contributed by atoms with Crippen molar-refractivity contribution in [2.24, 2.45) is 40.9 Å². The molecule has 0 aromatic rings. The molecule has 0 saturated heterocycles. The maximum absolute atomic E-state index is 14.0. The Balaban J connectivity index is 1.61. The van der Waals surface area contributed by atoms with Gasteiger partial charge >= 0.3 is 12.1 Å². The number of fused-ring (bicyclic) bond motifs is 4. The molecule has 136 valence electrons. The second kappa shape index (κ2) is 5.12. The lowest BCUT2D eigenvalue weighted by Crippen LogP contribution is -2.54. The number of rotatable bonds is 2. The summed E-state index contributed by atoms with van der Waals surface area (Å²) in [5.41, 5.74) is -2.37. The SMILES string of the molecule is CC1C2CC(C1C)C(C(=O)OC1C3CCC(C3)C1O)(C(F)(F)F)C2. The van der Waals surface area contributed by atoms with Crippen LogP contribution in [0.2, 0.25) is 0 Å². The Labute approximate surface area is 139 Å². The number of halogens is 3. The second-order valence-corrected chi connectivity index (χ2v) is 8.69. The highest BCUT2D eigenvalue weighted by molar-refractivity contribution is 5.79. The lowest BCUT2D eigenvalue weighted by molar-refractivity contribution is -0.259. The van der Waals surface area contributed by atoms with Gasteiger partial charge in [0.15, 0.2) is 5.41 Å². The van der Waals surface area contributed by atoms with Crippen molar-refractivity contribution in [3.63, 3.8) is 0 Å². The Kier molecular flexibility index (Phi) is 3.56. The summed E-state index contributed by atoms with van der Waals surface area (Å²) < 4.78 is 47.5. The Bertz CT molecular complexity index is 544. The largest absolute Gasteiger partial charge is 0.459 e. The molecule has 4 aliphatic rings. The molecule has 4 aliphatic carbocycles. The minimum Gasteiger partial charge on any atom is -0.459 e. The van der Waals surface area contributed by atoms with E-state index in [1.807, 2.05) is 13.8 Å². The van der Waals surface area contributed by atoms with Crippen molar-refractivity contribution < 1.29 is 27.8 Å². The smallest absolute Gasteiger partial charge is 0.405 e. The maximum Gasteiger partial charge on any atom is 0.405 e. The number of alkyl halides is 3. The normalized spacial score (nSPS) is 52.9. The molecule has 4 fully saturated rings. The molecule has 0 heterocycles. The molecular formula is C18H25F3O3. The number of hydrogen-bond acceptors (Lipinski definition) is 3. The monoisotopic (exact) mass is 346 g/mol. The van der Waals surface area contributed by atoms with Gasteiger partial charge in [-0.2, -0.15) is 13.2 Å². The first-order valence-corrected chi connectivity index (χ1v) is 9.12. The lowest BCUT2D eigenvalue weighted by Gasteiger charge is -2.43. The molecule has 4 bridgehead atoms. The highest BCUT2D eigenvalue weighted by atomic mass is 19.4. The minimum absolute atomic E-state index is 0.0224. The summed E-state index contributed by atoms with van der Waals surface area (Å²) >= 11 is 0. The highest BCUT2D eigenvalue weighted by Gasteiger charge is 2.73. The third-order valence-electron chi connectivity index (χ3n) is 7.89. The van der Waals surface area contributed by atoms with Crippen molar-refractivity contribution in [2.75, 3.05) is 0 Å². The van der Waals surface area contributed by atoms with Crippen LogP contribution in [0.4, 0.5) is 13.2 Å². The van der Waals surface area contributed by atoms with E-state index in [1.54, 1.807) is 0 Å². The molecule has 24 heavy (non-hydrogen) atoms. The van der Waals surface area contributed by atoms with Gasteiger partial charge < -0.3 is 9.84 Å². The molecule has 4 rings (SSSR count). The zero-order valence-corrected chi connectivity index (χ0v) is 14.1. The zero-order chi connectivity index (χ0) is 17.4. The van der Waals surface area contributed by atoms with Crippen LogP contribution in [-0.4, -0.2) is 29.5 Å². The van der Waals surface area contributed by atoms with Crippen LogP contribution < -0.4 is 0 Å². The van der Waals surface area contributed by atoms with Crippen molar-refractivity contribution in [1.82, 2.24) is 0 Å². The molecule has 1 N–H and O–H groups in total. The van der Waals surface area contributed by atoms with E-state index in [-0.39, 0.29) is 36.0 Å². The van der Waals surface area contributed by atoms with Crippen LogP contribution in [0.15, 0.2) is 0 Å². The number of hydrogen-bond donors (Lipinski definition) is 1. The van der Waals surface area contributed by atoms with Gasteiger partial charge in [0.2, 0.25) is 0 Å². The van der Waals surface area contributed by atoms with Crippen molar-refractivity contribution in [2.45, 2.75) is 64.3 Å². The fourth-order valence-electron chi connectivity index (χ4n) is 6.31. The molecule has 0 aliphatic heterocycles. The summed E-state index contributed by atoms with van der Waals surface area (Å²) in [7, 11) is 0. The van der Waals surface area contributed by atoms with Crippen LogP contribution >= 0.6 is 0 Å². The van der Waals surface area contributed by atoms with E-state index in [0.717, 1.165) is 19.3 Å². The van der Waals surface area contributed by atoms with Gasteiger partial charge in [0.05, 0.1) is 6.10 Å². The van der Waals surface area contributed by atoms with Gasteiger partial charge in [0, 0.05) is 0 Å². The molecule has 0 radical (unpaired) electrons. The summed E-state index contributed by atoms with van der Waals surface area (Å²) in [4.78, 5) is 12.8. The molecule has 0 aromatic carbocycles. The topological polar surface area (TPSA) is 46.5 Å². The van der Waals surface area contributed by atoms with Crippen molar-refractivity contribution in [3.8, 4) is 0 Å². The van der Waals surface area contributed by atoms with Gasteiger partial charge in [-0.1, -0.05) is 13.8 Å². The van der Waals surface area contributed by atoms with Crippen molar-refractivity contribution >= 4 is 5.97 Å². The molecular weight excluding hydrogens is 321 g/mol. The predicted molar refractivity (Wildman–Crippen MR) is 79.7 cm³/mol. The van der Waals surface area contributed by atoms with E-state index in [2.05, 4.69) is 0 Å². The van der Waals surface area contributed by atoms with Gasteiger partial charge in [-0.05, 0) is 67.6 Å². The highest BCUT2D eigenvalue weighted by Crippen LogP contribution is 2.67. The van der Waals surface area contributed by atoms with Crippen LogP contribution in [0.1, 0.15) is 46.0 Å². The number of carbonyl (C=O) groups excluding carboxylic acids is 1. The number of ether oxygens (including phenoxy) is 1. The summed E-state index contributed by atoms with van der Waals surface area (Å²) in [6, 6.07) is 0. The van der Waals surface area contributed by atoms with E-state index in [0.29, 0.717) is 6.42 Å². The molecule has 0 spiro atoms. The number of esters is 1. The first kappa shape index (κ1) is 16.7. The standard InChI is InChI=1S/C18H25F3O3/c1-8-9(2)13-6-12(8)7-17(13,18(19,20)21)16(23)24-15-11-4-3-10(5-11)14(15)22/h8-15,22H,3-7H2,1-2H3. The number of aliphatic hydroxyl groups is 1. The van der Waals surface area contributed by atoms with E-state index < -0.39 is 35.7 Å². The Morgan fingerprint density at radius 1 is 1.08 bits per heavy atom. The van der Waals surface area contributed by atoms with Crippen molar-refractivity contribution in [3.05, 3.63) is 0 Å². The second-order valence-electron chi connectivity index (χ2n) is 8.69. The minimum atomic E-state index is -4.60.